The van der Waals surface area contributed by atoms with Gasteiger partial charge in [0.15, 0.2) is 0 Å². The van der Waals surface area contributed by atoms with Gasteiger partial charge in [-0.05, 0) is 64.4 Å². The predicted molar refractivity (Wildman–Crippen MR) is 133 cm³/mol. The molecule has 1 aliphatic rings. The number of hydrogen-bond acceptors (Lipinski definition) is 5. The van der Waals surface area contributed by atoms with E-state index in [9.17, 15) is 14.4 Å². The zero-order valence-corrected chi connectivity index (χ0v) is 21.3. The summed E-state index contributed by atoms with van der Waals surface area (Å²) in [4.78, 5) is 40.1. The molecule has 0 radical (unpaired) electrons. The molecule has 2 aromatic carbocycles. The molecule has 8 nitrogen and oxygen atoms in total. The number of amides is 4. The van der Waals surface area contributed by atoms with Gasteiger partial charge < -0.3 is 20.1 Å². The number of hydrogen-bond donors (Lipinski definition) is 2. The van der Waals surface area contributed by atoms with Crippen LogP contribution < -0.4 is 15.4 Å². The van der Waals surface area contributed by atoms with Crippen LogP contribution in [0.3, 0.4) is 0 Å². The minimum atomic E-state index is -1.01. The van der Waals surface area contributed by atoms with Crippen LogP contribution in [0.25, 0.3) is 0 Å². The van der Waals surface area contributed by atoms with Gasteiger partial charge in [0, 0.05) is 10.7 Å². The second kappa shape index (κ2) is 11.2. The van der Waals surface area contributed by atoms with E-state index in [1.54, 1.807) is 63.4 Å². The number of halogens is 2. The van der Waals surface area contributed by atoms with Crippen molar-refractivity contribution in [3.8, 4) is 5.75 Å². The van der Waals surface area contributed by atoms with E-state index in [1.807, 2.05) is 0 Å². The SMILES string of the molecule is COCCOc1ccc(C2NC(=O)N(C(C(=O)Nc3ccc(I)cc3Cl)C(C)C)C2=O)cc1. The second-order valence-corrected chi connectivity index (χ2v) is 9.46. The van der Waals surface area contributed by atoms with Crippen molar-refractivity contribution < 1.29 is 23.9 Å². The van der Waals surface area contributed by atoms with E-state index in [-0.39, 0.29) is 5.92 Å². The molecule has 33 heavy (non-hydrogen) atoms. The van der Waals surface area contributed by atoms with Gasteiger partial charge in [-0.25, -0.2) is 9.69 Å². The van der Waals surface area contributed by atoms with Gasteiger partial charge in [0.2, 0.25) is 5.91 Å². The van der Waals surface area contributed by atoms with Gasteiger partial charge in [-0.2, -0.15) is 0 Å². The van der Waals surface area contributed by atoms with Crippen molar-refractivity contribution in [3.63, 3.8) is 0 Å². The Morgan fingerprint density at radius 2 is 1.88 bits per heavy atom. The first kappa shape index (κ1) is 25.3. The van der Waals surface area contributed by atoms with Crippen LogP contribution in [0.1, 0.15) is 25.5 Å². The highest BCUT2D eigenvalue weighted by Gasteiger charge is 2.46. The average molecular weight is 586 g/mol. The lowest BCUT2D eigenvalue weighted by Gasteiger charge is -2.27. The normalized spacial score (nSPS) is 16.7. The molecule has 10 heteroatoms. The van der Waals surface area contributed by atoms with Crippen molar-refractivity contribution >= 4 is 57.7 Å². The average Bonchev–Trinajstić information content (AvgIpc) is 3.05. The molecule has 0 spiro atoms. The van der Waals surface area contributed by atoms with Crippen LogP contribution in [-0.2, 0) is 14.3 Å². The van der Waals surface area contributed by atoms with Crippen molar-refractivity contribution in [2.75, 3.05) is 25.6 Å². The summed E-state index contributed by atoms with van der Waals surface area (Å²) in [7, 11) is 1.59. The first-order valence-electron chi connectivity index (χ1n) is 10.3. The first-order chi connectivity index (χ1) is 15.7. The van der Waals surface area contributed by atoms with Crippen molar-refractivity contribution in [2.24, 2.45) is 5.92 Å². The largest absolute Gasteiger partial charge is 0.491 e. The van der Waals surface area contributed by atoms with Gasteiger partial charge in [-0.1, -0.05) is 37.6 Å². The van der Waals surface area contributed by atoms with Gasteiger partial charge in [-0.15, -0.1) is 0 Å². The lowest BCUT2D eigenvalue weighted by molar-refractivity contribution is -0.135. The number of anilines is 1. The fourth-order valence-electron chi connectivity index (χ4n) is 3.50. The zero-order valence-electron chi connectivity index (χ0n) is 18.4. The predicted octanol–water partition coefficient (Wildman–Crippen LogP) is 4.23. The number of benzene rings is 2. The molecule has 4 amide bonds. The number of carbonyl (C=O) groups is 3. The molecular weight excluding hydrogens is 561 g/mol. The van der Waals surface area contributed by atoms with Gasteiger partial charge in [-0.3, -0.25) is 9.59 Å². The summed E-state index contributed by atoms with van der Waals surface area (Å²) < 4.78 is 11.4. The zero-order chi connectivity index (χ0) is 24.1. The molecule has 2 atom stereocenters. The third kappa shape index (κ3) is 5.96. The number of methoxy groups -OCH3 is 1. The number of urea groups is 1. The molecule has 2 aromatic rings. The molecule has 3 rings (SSSR count). The molecule has 2 unspecified atom stereocenters. The Labute approximate surface area is 211 Å². The van der Waals surface area contributed by atoms with Crippen LogP contribution >= 0.6 is 34.2 Å². The summed E-state index contributed by atoms with van der Waals surface area (Å²) in [6.45, 7) is 4.41. The molecule has 0 saturated carbocycles. The number of rotatable bonds is 9. The molecule has 1 heterocycles. The summed E-state index contributed by atoms with van der Waals surface area (Å²) >= 11 is 8.35. The summed E-state index contributed by atoms with van der Waals surface area (Å²) in [5, 5.41) is 5.81. The lowest BCUT2D eigenvalue weighted by atomic mass is 10.0. The summed E-state index contributed by atoms with van der Waals surface area (Å²) in [5.74, 6) is -0.675. The maximum Gasteiger partial charge on any atom is 0.325 e. The summed E-state index contributed by atoms with van der Waals surface area (Å²) in [5.41, 5.74) is 1.01. The highest BCUT2D eigenvalue weighted by molar-refractivity contribution is 14.1. The topological polar surface area (TPSA) is 97.0 Å². The molecule has 1 aliphatic heterocycles. The van der Waals surface area contributed by atoms with E-state index in [0.717, 1.165) is 8.47 Å². The molecule has 1 fully saturated rings. The number of nitrogens with one attached hydrogen (secondary N) is 2. The van der Waals surface area contributed by atoms with Crippen LogP contribution in [0.2, 0.25) is 5.02 Å². The number of carbonyl (C=O) groups excluding carboxylic acids is 3. The monoisotopic (exact) mass is 585 g/mol. The van der Waals surface area contributed by atoms with Crippen molar-refractivity contribution in [1.29, 1.82) is 0 Å². The standard InChI is InChI=1S/C23H25ClIN3O5/c1-13(2)20(21(29)26-18-9-6-15(25)12-17(18)24)28-22(30)19(27-23(28)31)14-4-7-16(8-5-14)33-11-10-32-3/h4-9,12-13,19-20H,10-11H2,1-3H3,(H,26,29)(H,27,31). The Kier molecular flexibility index (Phi) is 8.55. The van der Waals surface area contributed by atoms with Crippen LogP contribution in [0, 0.1) is 9.49 Å². The Hall–Kier alpha value is -2.37. The molecule has 1 saturated heterocycles. The lowest BCUT2D eigenvalue weighted by Crippen LogP contribution is -2.50. The van der Waals surface area contributed by atoms with E-state index in [4.69, 9.17) is 21.1 Å². The Balaban J connectivity index is 1.77. The highest BCUT2D eigenvalue weighted by atomic mass is 127. The van der Waals surface area contributed by atoms with E-state index in [2.05, 4.69) is 33.2 Å². The molecule has 0 aliphatic carbocycles. The summed E-state index contributed by atoms with van der Waals surface area (Å²) in [6.07, 6.45) is 0. The van der Waals surface area contributed by atoms with Crippen LogP contribution in [0.5, 0.6) is 5.75 Å². The fraction of sp³-hybridized carbons (Fsp3) is 0.348. The Bertz CT molecular complexity index is 1030. The highest BCUT2D eigenvalue weighted by Crippen LogP contribution is 2.29. The number of ether oxygens (including phenoxy) is 2. The second-order valence-electron chi connectivity index (χ2n) is 7.80. The molecule has 2 N–H and O–H groups in total. The van der Waals surface area contributed by atoms with Crippen molar-refractivity contribution in [2.45, 2.75) is 25.9 Å². The van der Waals surface area contributed by atoms with Gasteiger partial charge in [0.05, 0.1) is 17.3 Å². The maximum atomic E-state index is 13.2. The third-order valence-electron chi connectivity index (χ3n) is 5.11. The minimum Gasteiger partial charge on any atom is -0.491 e. The van der Waals surface area contributed by atoms with Crippen LogP contribution in [0.4, 0.5) is 10.5 Å². The van der Waals surface area contributed by atoms with E-state index < -0.39 is 29.9 Å². The van der Waals surface area contributed by atoms with Crippen LogP contribution in [-0.4, -0.2) is 49.1 Å². The Morgan fingerprint density at radius 3 is 2.48 bits per heavy atom. The van der Waals surface area contributed by atoms with Gasteiger partial charge in [0.1, 0.15) is 24.4 Å². The molecule has 0 aromatic heterocycles. The third-order valence-corrected chi connectivity index (χ3v) is 6.09. The number of nitrogens with zero attached hydrogens (tertiary/aromatic N) is 1. The molecular formula is C23H25ClIN3O5. The van der Waals surface area contributed by atoms with Gasteiger partial charge >= 0.3 is 6.03 Å². The molecule has 0 bridgehead atoms. The fourth-order valence-corrected chi connectivity index (χ4v) is 4.40. The minimum absolute atomic E-state index is 0.322. The maximum absolute atomic E-state index is 13.2. The van der Waals surface area contributed by atoms with E-state index in [0.29, 0.717) is 35.2 Å². The summed E-state index contributed by atoms with van der Waals surface area (Å²) in [6, 6.07) is 9.56. The smallest absolute Gasteiger partial charge is 0.325 e. The van der Waals surface area contributed by atoms with Crippen LogP contribution in [0.15, 0.2) is 42.5 Å². The Morgan fingerprint density at radius 1 is 1.18 bits per heavy atom. The van der Waals surface area contributed by atoms with Gasteiger partial charge in [0.25, 0.3) is 5.91 Å². The van der Waals surface area contributed by atoms with Crippen molar-refractivity contribution in [3.05, 3.63) is 56.6 Å². The van der Waals surface area contributed by atoms with E-state index >= 15 is 0 Å². The molecule has 176 valence electrons. The first-order valence-corrected chi connectivity index (χ1v) is 11.8. The van der Waals surface area contributed by atoms with Crippen molar-refractivity contribution in [1.82, 2.24) is 10.2 Å². The van der Waals surface area contributed by atoms with E-state index in [1.165, 1.54) is 0 Å². The number of imide groups is 1. The quantitative estimate of drug-likeness (QED) is 0.261.